The first kappa shape index (κ1) is 12.8. The molecule has 4 nitrogen and oxygen atoms in total. The molecule has 19 heavy (non-hydrogen) atoms. The Balaban J connectivity index is 2.33. The number of hydrogen-bond donors (Lipinski definition) is 2. The first-order valence-electron chi connectivity index (χ1n) is 5.23. The van der Waals surface area contributed by atoms with E-state index < -0.39 is 23.2 Å². The number of nitrogens with two attached hydrogens (primary N) is 1. The van der Waals surface area contributed by atoms with E-state index in [4.69, 9.17) is 15.6 Å². The smallest absolute Gasteiger partial charge is 0.338 e. The summed E-state index contributed by atoms with van der Waals surface area (Å²) in [7, 11) is 0. The van der Waals surface area contributed by atoms with Crippen molar-refractivity contribution in [3.8, 4) is 11.5 Å². The van der Waals surface area contributed by atoms with E-state index in [1.54, 1.807) is 0 Å². The fourth-order valence-corrected chi connectivity index (χ4v) is 1.45. The van der Waals surface area contributed by atoms with Crippen molar-refractivity contribution in [2.45, 2.75) is 0 Å². The minimum atomic E-state index is -1.42. The molecular weight excluding hydrogens is 256 g/mol. The minimum Gasteiger partial charge on any atom is -0.478 e. The molecule has 2 aromatic carbocycles. The number of nitrogen functional groups attached to an aromatic ring is 1. The molecule has 98 valence electrons. The van der Waals surface area contributed by atoms with Gasteiger partial charge in [0.05, 0.1) is 11.3 Å². The van der Waals surface area contributed by atoms with E-state index in [1.165, 1.54) is 24.3 Å². The molecular formula is C13H9F2NO3. The molecule has 0 aromatic heterocycles. The highest BCUT2D eigenvalue weighted by atomic mass is 19.1. The quantitative estimate of drug-likeness (QED) is 0.836. The maximum absolute atomic E-state index is 13.5. The molecule has 0 fully saturated rings. The summed E-state index contributed by atoms with van der Waals surface area (Å²) in [5.74, 6) is -2.59. The summed E-state index contributed by atoms with van der Waals surface area (Å²) in [6.45, 7) is 0. The lowest BCUT2D eigenvalue weighted by atomic mass is 10.1. The average Bonchev–Trinajstić information content (AvgIpc) is 2.35. The van der Waals surface area contributed by atoms with Crippen molar-refractivity contribution >= 4 is 11.7 Å². The third-order valence-corrected chi connectivity index (χ3v) is 2.37. The van der Waals surface area contributed by atoms with Crippen LogP contribution in [0.2, 0.25) is 0 Å². The highest BCUT2D eigenvalue weighted by Gasteiger charge is 2.14. The average molecular weight is 265 g/mol. The predicted octanol–water partition coefficient (Wildman–Crippen LogP) is 3.04. The molecule has 0 atom stereocenters. The Morgan fingerprint density at radius 2 is 1.79 bits per heavy atom. The Morgan fingerprint density at radius 1 is 1.16 bits per heavy atom. The number of anilines is 1. The van der Waals surface area contributed by atoms with Gasteiger partial charge in [-0.1, -0.05) is 0 Å². The standard InChI is InChI=1S/C13H9F2NO3/c14-7-1-3-8(4-2-7)19-12-6-10(15)9(13(17)18)5-11(12)16/h1-6H,16H2,(H,17,18). The maximum atomic E-state index is 13.5. The summed E-state index contributed by atoms with van der Waals surface area (Å²) in [5.41, 5.74) is 5.01. The van der Waals surface area contributed by atoms with Gasteiger partial charge in [-0.2, -0.15) is 0 Å². The molecule has 6 heteroatoms. The van der Waals surface area contributed by atoms with Gasteiger partial charge in [-0.25, -0.2) is 13.6 Å². The van der Waals surface area contributed by atoms with E-state index >= 15 is 0 Å². The van der Waals surface area contributed by atoms with Gasteiger partial charge in [-0.05, 0) is 30.3 Å². The molecule has 0 spiro atoms. The molecule has 3 N–H and O–H groups in total. The zero-order valence-electron chi connectivity index (χ0n) is 9.56. The second-order valence-corrected chi connectivity index (χ2v) is 3.73. The molecule has 0 aliphatic heterocycles. The number of rotatable bonds is 3. The highest BCUT2D eigenvalue weighted by Crippen LogP contribution is 2.30. The van der Waals surface area contributed by atoms with E-state index in [2.05, 4.69) is 0 Å². The van der Waals surface area contributed by atoms with Crippen LogP contribution in [0.15, 0.2) is 36.4 Å². The lowest BCUT2D eigenvalue weighted by Gasteiger charge is -2.09. The van der Waals surface area contributed by atoms with Crippen LogP contribution in [0, 0.1) is 11.6 Å². The molecule has 0 unspecified atom stereocenters. The van der Waals surface area contributed by atoms with Crippen LogP contribution in [0.5, 0.6) is 11.5 Å². The van der Waals surface area contributed by atoms with Crippen molar-refractivity contribution in [1.29, 1.82) is 0 Å². The van der Waals surface area contributed by atoms with E-state index in [0.717, 1.165) is 12.1 Å². The molecule has 0 heterocycles. The van der Waals surface area contributed by atoms with Crippen LogP contribution in [0.3, 0.4) is 0 Å². The molecule has 0 aliphatic rings. The van der Waals surface area contributed by atoms with Crippen LogP contribution < -0.4 is 10.5 Å². The Labute approximate surface area is 107 Å². The Morgan fingerprint density at radius 3 is 2.37 bits per heavy atom. The number of aromatic carboxylic acids is 1. The van der Waals surface area contributed by atoms with Gasteiger partial charge < -0.3 is 15.6 Å². The van der Waals surface area contributed by atoms with Crippen molar-refractivity contribution in [1.82, 2.24) is 0 Å². The monoisotopic (exact) mass is 265 g/mol. The first-order valence-corrected chi connectivity index (χ1v) is 5.23. The van der Waals surface area contributed by atoms with Crippen molar-refractivity contribution in [3.63, 3.8) is 0 Å². The summed E-state index contributed by atoms with van der Waals surface area (Å²) >= 11 is 0. The summed E-state index contributed by atoms with van der Waals surface area (Å²) in [5, 5.41) is 8.72. The van der Waals surface area contributed by atoms with Gasteiger partial charge in [0.25, 0.3) is 0 Å². The molecule has 0 saturated heterocycles. The second-order valence-electron chi connectivity index (χ2n) is 3.73. The van der Waals surface area contributed by atoms with Gasteiger partial charge in [0.1, 0.15) is 17.4 Å². The number of ether oxygens (including phenoxy) is 1. The molecule has 0 aliphatic carbocycles. The van der Waals surface area contributed by atoms with Crippen LogP contribution in [0.1, 0.15) is 10.4 Å². The first-order chi connectivity index (χ1) is 8.97. The number of hydrogen-bond acceptors (Lipinski definition) is 3. The minimum absolute atomic E-state index is 0.0249. The van der Waals surface area contributed by atoms with E-state index in [9.17, 15) is 13.6 Å². The number of halogens is 2. The van der Waals surface area contributed by atoms with Gasteiger partial charge in [0.15, 0.2) is 5.75 Å². The molecule has 0 bridgehead atoms. The van der Waals surface area contributed by atoms with Gasteiger partial charge >= 0.3 is 5.97 Å². The topological polar surface area (TPSA) is 72.6 Å². The maximum Gasteiger partial charge on any atom is 0.338 e. The molecule has 0 radical (unpaired) electrons. The number of benzene rings is 2. The second kappa shape index (κ2) is 4.93. The summed E-state index contributed by atoms with van der Waals surface area (Å²) in [6.07, 6.45) is 0. The Bertz CT molecular complexity index is 627. The molecule has 2 rings (SSSR count). The molecule has 2 aromatic rings. The van der Waals surface area contributed by atoms with E-state index in [1.807, 2.05) is 0 Å². The van der Waals surface area contributed by atoms with E-state index in [0.29, 0.717) is 0 Å². The number of carboxylic acids is 1. The summed E-state index contributed by atoms with van der Waals surface area (Å²) < 4.78 is 31.4. The van der Waals surface area contributed by atoms with Crippen LogP contribution in [0.25, 0.3) is 0 Å². The van der Waals surface area contributed by atoms with Crippen LogP contribution in [-0.2, 0) is 0 Å². The summed E-state index contributed by atoms with van der Waals surface area (Å²) in [6, 6.07) is 6.88. The number of carbonyl (C=O) groups is 1. The predicted molar refractivity (Wildman–Crippen MR) is 64.2 cm³/mol. The molecule has 0 saturated carbocycles. The highest BCUT2D eigenvalue weighted by molar-refractivity contribution is 5.89. The molecule has 0 amide bonds. The Kier molecular flexibility index (Phi) is 3.33. The van der Waals surface area contributed by atoms with Gasteiger partial charge in [0, 0.05) is 6.07 Å². The zero-order valence-corrected chi connectivity index (χ0v) is 9.56. The van der Waals surface area contributed by atoms with Crippen LogP contribution >= 0.6 is 0 Å². The fraction of sp³-hybridized carbons (Fsp3) is 0. The van der Waals surface area contributed by atoms with Crippen LogP contribution in [0.4, 0.5) is 14.5 Å². The number of carboxylic acid groups (broad SMARTS) is 1. The lowest BCUT2D eigenvalue weighted by Crippen LogP contribution is -2.03. The van der Waals surface area contributed by atoms with Crippen LogP contribution in [-0.4, -0.2) is 11.1 Å². The summed E-state index contributed by atoms with van der Waals surface area (Å²) in [4.78, 5) is 10.7. The zero-order chi connectivity index (χ0) is 14.0. The van der Waals surface area contributed by atoms with Gasteiger partial charge in [-0.3, -0.25) is 0 Å². The third-order valence-electron chi connectivity index (χ3n) is 2.37. The third kappa shape index (κ3) is 2.79. The van der Waals surface area contributed by atoms with E-state index in [-0.39, 0.29) is 17.2 Å². The largest absolute Gasteiger partial charge is 0.478 e. The SMILES string of the molecule is Nc1cc(C(=O)O)c(F)cc1Oc1ccc(F)cc1. The van der Waals surface area contributed by atoms with Gasteiger partial charge in [-0.15, -0.1) is 0 Å². The Hall–Kier alpha value is -2.63. The normalized spacial score (nSPS) is 10.2. The van der Waals surface area contributed by atoms with Crippen molar-refractivity contribution < 1.29 is 23.4 Å². The van der Waals surface area contributed by atoms with Crippen molar-refractivity contribution in [3.05, 3.63) is 53.6 Å². The van der Waals surface area contributed by atoms with Crippen molar-refractivity contribution in [2.75, 3.05) is 5.73 Å². The van der Waals surface area contributed by atoms with Crippen molar-refractivity contribution in [2.24, 2.45) is 0 Å². The fourth-order valence-electron chi connectivity index (χ4n) is 1.45. The van der Waals surface area contributed by atoms with Gasteiger partial charge in [0.2, 0.25) is 0 Å². The lowest BCUT2D eigenvalue weighted by molar-refractivity contribution is 0.0692.